The molecule has 0 aliphatic carbocycles. The average Bonchev–Trinajstić information content (AvgIpc) is 2.47. The number of rotatable bonds is 1. The summed E-state index contributed by atoms with van der Waals surface area (Å²) in [6, 6.07) is 12.9. The minimum Gasteiger partial charge on any atom is -0.308 e. The van der Waals surface area contributed by atoms with E-state index >= 15 is 0 Å². The first-order valence-electron chi connectivity index (χ1n) is 6.05. The highest BCUT2D eigenvalue weighted by molar-refractivity contribution is 6.07. The molecule has 4 nitrogen and oxygen atoms in total. The Labute approximate surface area is 111 Å². The van der Waals surface area contributed by atoms with Crippen molar-refractivity contribution in [2.24, 2.45) is 5.73 Å². The number of hydrogen-bond donors (Lipinski definition) is 1. The van der Waals surface area contributed by atoms with Crippen LogP contribution < -0.4 is 10.6 Å². The van der Waals surface area contributed by atoms with Gasteiger partial charge in [0.25, 0.3) is 5.91 Å². The standard InChI is InChI=1S/C15H13N3O/c16-14-9-8-11-5-1-2-7-13(11)18(14)15(19)12-6-3-4-10-17-12/h1-10,14H,16H2. The van der Waals surface area contributed by atoms with Crippen LogP contribution in [-0.4, -0.2) is 17.1 Å². The van der Waals surface area contributed by atoms with Crippen LogP contribution in [0.5, 0.6) is 0 Å². The zero-order valence-corrected chi connectivity index (χ0v) is 10.2. The molecule has 2 aromatic rings. The van der Waals surface area contributed by atoms with E-state index in [0.717, 1.165) is 11.3 Å². The van der Waals surface area contributed by atoms with Gasteiger partial charge in [-0.3, -0.25) is 14.7 Å². The number of carbonyl (C=O) groups is 1. The van der Waals surface area contributed by atoms with Crippen LogP contribution in [-0.2, 0) is 0 Å². The molecule has 1 aromatic carbocycles. The molecule has 94 valence electrons. The molecule has 1 amide bonds. The van der Waals surface area contributed by atoms with E-state index in [4.69, 9.17) is 5.73 Å². The van der Waals surface area contributed by atoms with Gasteiger partial charge in [0.05, 0.1) is 5.69 Å². The molecule has 2 heterocycles. The van der Waals surface area contributed by atoms with Crippen molar-refractivity contribution in [3.8, 4) is 0 Å². The molecule has 19 heavy (non-hydrogen) atoms. The molecule has 4 heteroatoms. The third-order valence-electron chi connectivity index (χ3n) is 3.07. The number of carbonyl (C=O) groups excluding carboxylic acids is 1. The summed E-state index contributed by atoms with van der Waals surface area (Å²) in [4.78, 5) is 18.2. The highest BCUT2D eigenvalue weighted by Gasteiger charge is 2.26. The van der Waals surface area contributed by atoms with Crippen molar-refractivity contribution in [2.45, 2.75) is 6.17 Å². The van der Waals surface area contributed by atoms with Crippen LogP contribution in [0, 0.1) is 0 Å². The van der Waals surface area contributed by atoms with Gasteiger partial charge in [-0.15, -0.1) is 0 Å². The number of benzene rings is 1. The number of anilines is 1. The molecular weight excluding hydrogens is 238 g/mol. The Hall–Kier alpha value is -2.46. The van der Waals surface area contributed by atoms with E-state index in [2.05, 4.69) is 4.98 Å². The van der Waals surface area contributed by atoms with Crippen molar-refractivity contribution in [1.82, 2.24) is 4.98 Å². The number of amides is 1. The van der Waals surface area contributed by atoms with Crippen LogP contribution in [0.15, 0.2) is 54.7 Å². The molecule has 1 unspecified atom stereocenters. The maximum Gasteiger partial charge on any atom is 0.278 e. The van der Waals surface area contributed by atoms with Gasteiger partial charge in [-0.1, -0.05) is 30.3 Å². The number of pyridine rings is 1. The summed E-state index contributed by atoms with van der Waals surface area (Å²) in [6.07, 6.45) is 4.87. The topological polar surface area (TPSA) is 59.2 Å². The number of fused-ring (bicyclic) bond motifs is 1. The van der Waals surface area contributed by atoms with Gasteiger partial charge in [0.1, 0.15) is 11.9 Å². The van der Waals surface area contributed by atoms with Crippen LogP contribution in [0.3, 0.4) is 0 Å². The molecular formula is C15H13N3O. The van der Waals surface area contributed by atoms with Crippen molar-refractivity contribution < 1.29 is 4.79 Å². The first-order chi connectivity index (χ1) is 9.27. The second-order valence-electron chi connectivity index (χ2n) is 4.30. The van der Waals surface area contributed by atoms with E-state index < -0.39 is 6.17 Å². The number of nitrogens with zero attached hydrogens (tertiary/aromatic N) is 2. The molecule has 0 bridgehead atoms. The van der Waals surface area contributed by atoms with Crippen LogP contribution in [0.4, 0.5) is 5.69 Å². The summed E-state index contributed by atoms with van der Waals surface area (Å²) in [5.74, 6) is -0.190. The lowest BCUT2D eigenvalue weighted by Gasteiger charge is -2.31. The zero-order valence-electron chi connectivity index (χ0n) is 10.2. The lowest BCUT2D eigenvalue weighted by Crippen LogP contribution is -2.46. The maximum atomic E-state index is 12.5. The molecule has 0 radical (unpaired) electrons. The SMILES string of the molecule is NC1C=Cc2ccccc2N1C(=O)c1ccccn1. The second kappa shape index (κ2) is 4.66. The summed E-state index contributed by atoms with van der Waals surface area (Å²) in [5, 5.41) is 0. The fourth-order valence-electron chi connectivity index (χ4n) is 2.15. The van der Waals surface area contributed by atoms with Gasteiger partial charge in [0.15, 0.2) is 0 Å². The third kappa shape index (κ3) is 2.02. The lowest BCUT2D eigenvalue weighted by molar-refractivity contribution is 0.0976. The van der Waals surface area contributed by atoms with Crippen LogP contribution in [0.1, 0.15) is 16.1 Å². The molecule has 0 saturated heterocycles. The second-order valence-corrected chi connectivity index (χ2v) is 4.30. The van der Waals surface area contributed by atoms with Gasteiger partial charge in [-0.2, -0.15) is 0 Å². The number of nitrogens with two attached hydrogens (primary N) is 1. The van der Waals surface area contributed by atoms with Gasteiger partial charge in [0, 0.05) is 6.20 Å². The molecule has 0 fully saturated rings. The minimum absolute atomic E-state index is 0.190. The van der Waals surface area contributed by atoms with Crippen molar-refractivity contribution in [2.75, 3.05) is 4.90 Å². The first-order valence-corrected chi connectivity index (χ1v) is 6.05. The number of hydrogen-bond acceptors (Lipinski definition) is 3. The van der Waals surface area contributed by atoms with Crippen LogP contribution in [0.25, 0.3) is 6.08 Å². The Balaban J connectivity index is 2.05. The molecule has 2 N–H and O–H groups in total. The van der Waals surface area contributed by atoms with Gasteiger partial charge < -0.3 is 5.73 Å². The molecule has 3 rings (SSSR count). The first kappa shape index (κ1) is 11.6. The van der Waals surface area contributed by atoms with Crippen LogP contribution >= 0.6 is 0 Å². The summed E-state index contributed by atoms with van der Waals surface area (Å²) in [5.41, 5.74) is 8.21. The Kier molecular flexibility index (Phi) is 2.85. The van der Waals surface area contributed by atoms with Crippen LogP contribution in [0.2, 0.25) is 0 Å². The van der Waals surface area contributed by atoms with E-state index in [1.165, 1.54) is 0 Å². The Morgan fingerprint density at radius 1 is 1.16 bits per heavy atom. The fourth-order valence-corrected chi connectivity index (χ4v) is 2.15. The van der Waals surface area contributed by atoms with Crippen molar-refractivity contribution >= 4 is 17.7 Å². The average molecular weight is 251 g/mol. The Morgan fingerprint density at radius 2 is 1.95 bits per heavy atom. The summed E-state index contributed by atoms with van der Waals surface area (Å²) in [6.45, 7) is 0. The van der Waals surface area contributed by atoms with Crippen molar-refractivity contribution in [3.63, 3.8) is 0 Å². The normalized spacial score (nSPS) is 17.1. The minimum atomic E-state index is -0.468. The molecule has 1 aliphatic rings. The summed E-state index contributed by atoms with van der Waals surface area (Å²) >= 11 is 0. The lowest BCUT2D eigenvalue weighted by atomic mass is 10.1. The third-order valence-corrected chi connectivity index (χ3v) is 3.07. The number of para-hydroxylation sites is 1. The van der Waals surface area contributed by atoms with Gasteiger partial charge >= 0.3 is 0 Å². The largest absolute Gasteiger partial charge is 0.308 e. The quantitative estimate of drug-likeness (QED) is 0.843. The zero-order chi connectivity index (χ0) is 13.2. The van der Waals surface area contributed by atoms with Crippen molar-refractivity contribution in [3.05, 3.63) is 66.0 Å². The molecule has 0 saturated carbocycles. The molecule has 1 atom stereocenters. The molecule has 1 aliphatic heterocycles. The van der Waals surface area contributed by atoms with E-state index in [0.29, 0.717) is 5.69 Å². The van der Waals surface area contributed by atoms with E-state index in [1.807, 2.05) is 36.4 Å². The smallest absolute Gasteiger partial charge is 0.278 e. The maximum absolute atomic E-state index is 12.5. The Bertz CT molecular complexity index is 637. The predicted octanol–water partition coefficient (Wildman–Crippen LogP) is 2.04. The fraction of sp³-hybridized carbons (Fsp3) is 0.0667. The van der Waals surface area contributed by atoms with E-state index in [9.17, 15) is 4.79 Å². The summed E-state index contributed by atoms with van der Waals surface area (Å²) < 4.78 is 0. The molecule has 0 spiro atoms. The highest BCUT2D eigenvalue weighted by Crippen LogP contribution is 2.28. The van der Waals surface area contributed by atoms with Gasteiger partial charge in [-0.25, -0.2) is 0 Å². The molecule has 1 aromatic heterocycles. The summed E-state index contributed by atoms with van der Waals surface area (Å²) in [7, 11) is 0. The van der Waals surface area contributed by atoms with E-state index in [-0.39, 0.29) is 5.91 Å². The van der Waals surface area contributed by atoms with Gasteiger partial charge in [-0.05, 0) is 29.8 Å². The monoisotopic (exact) mass is 251 g/mol. The predicted molar refractivity (Wildman–Crippen MR) is 74.5 cm³/mol. The number of aromatic nitrogens is 1. The van der Waals surface area contributed by atoms with Gasteiger partial charge in [0.2, 0.25) is 0 Å². The van der Waals surface area contributed by atoms with Crippen molar-refractivity contribution in [1.29, 1.82) is 0 Å². The Morgan fingerprint density at radius 3 is 2.74 bits per heavy atom. The highest BCUT2D eigenvalue weighted by atomic mass is 16.2. The van der Waals surface area contributed by atoms with E-state index in [1.54, 1.807) is 29.3 Å².